The molecule has 2 atom stereocenters. The first-order valence-corrected chi connectivity index (χ1v) is 7.08. The third kappa shape index (κ3) is 2.81. The van der Waals surface area contributed by atoms with Crippen molar-refractivity contribution < 1.29 is 19.3 Å². The van der Waals surface area contributed by atoms with Gasteiger partial charge < -0.3 is 19.3 Å². The van der Waals surface area contributed by atoms with Crippen LogP contribution in [0.1, 0.15) is 18.6 Å². The lowest BCUT2D eigenvalue weighted by molar-refractivity contribution is -0.0115. The van der Waals surface area contributed by atoms with Gasteiger partial charge in [-0.2, -0.15) is 0 Å². The van der Waals surface area contributed by atoms with E-state index in [2.05, 4.69) is 0 Å². The lowest BCUT2D eigenvalue weighted by Crippen LogP contribution is -2.35. The topological polar surface area (TPSA) is 47.9 Å². The summed E-state index contributed by atoms with van der Waals surface area (Å²) in [5.74, 6) is 2.00. The van der Waals surface area contributed by atoms with Gasteiger partial charge in [0.25, 0.3) is 0 Å². The monoisotopic (exact) mass is 286 g/mol. The fourth-order valence-corrected chi connectivity index (χ4v) is 2.40. The van der Waals surface area contributed by atoms with E-state index in [0.29, 0.717) is 30.5 Å². The van der Waals surface area contributed by atoms with Crippen LogP contribution in [-0.2, 0) is 0 Å². The van der Waals surface area contributed by atoms with Gasteiger partial charge in [0, 0.05) is 5.56 Å². The molecular formula is C17H18O4. The van der Waals surface area contributed by atoms with Crippen LogP contribution in [0.3, 0.4) is 0 Å². The minimum atomic E-state index is -0.718. The molecular weight excluding hydrogens is 268 g/mol. The standard InChI is InChI=1S/C17H18O4/c1-2-19-14-9-5-6-10-15(14)21-16-11-20-13-8-4-3-7-12(13)17(16)18/h3-10,16-18H,2,11H2,1H3. The van der Waals surface area contributed by atoms with Gasteiger partial charge in [-0.25, -0.2) is 0 Å². The van der Waals surface area contributed by atoms with Crippen molar-refractivity contribution in [3.05, 3.63) is 54.1 Å². The minimum Gasteiger partial charge on any atom is -0.490 e. The van der Waals surface area contributed by atoms with Gasteiger partial charge in [0.1, 0.15) is 18.5 Å². The highest BCUT2D eigenvalue weighted by atomic mass is 16.6. The summed E-state index contributed by atoms with van der Waals surface area (Å²) in [6, 6.07) is 14.9. The maximum atomic E-state index is 10.5. The van der Waals surface area contributed by atoms with Crippen molar-refractivity contribution in [2.75, 3.05) is 13.2 Å². The van der Waals surface area contributed by atoms with Gasteiger partial charge in [0.2, 0.25) is 0 Å². The first kappa shape index (κ1) is 13.8. The molecule has 0 saturated heterocycles. The predicted octanol–water partition coefficient (Wildman–Crippen LogP) is 2.96. The molecule has 0 saturated carbocycles. The number of aliphatic hydroxyl groups is 1. The van der Waals surface area contributed by atoms with Crippen LogP contribution in [0.2, 0.25) is 0 Å². The van der Waals surface area contributed by atoms with Crippen molar-refractivity contribution in [2.24, 2.45) is 0 Å². The van der Waals surface area contributed by atoms with E-state index in [9.17, 15) is 5.11 Å². The maximum Gasteiger partial charge on any atom is 0.163 e. The molecule has 2 aromatic carbocycles. The molecule has 0 aromatic heterocycles. The molecule has 21 heavy (non-hydrogen) atoms. The van der Waals surface area contributed by atoms with Gasteiger partial charge in [-0.05, 0) is 25.1 Å². The molecule has 1 aliphatic rings. The Morgan fingerprint density at radius 2 is 1.81 bits per heavy atom. The molecule has 0 aliphatic carbocycles. The summed E-state index contributed by atoms with van der Waals surface area (Å²) >= 11 is 0. The quantitative estimate of drug-likeness (QED) is 0.938. The highest BCUT2D eigenvalue weighted by molar-refractivity contribution is 5.41. The molecule has 0 radical (unpaired) electrons. The Morgan fingerprint density at radius 1 is 1.10 bits per heavy atom. The third-order valence-electron chi connectivity index (χ3n) is 3.42. The molecule has 0 fully saturated rings. The third-order valence-corrected chi connectivity index (χ3v) is 3.42. The number of hydrogen-bond donors (Lipinski definition) is 1. The van der Waals surface area contributed by atoms with Gasteiger partial charge in [-0.15, -0.1) is 0 Å². The molecule has 0 bridgehead atoms. The zero-order chi connectivity index (χ0) is 14.7. The molecule has 0 spiro atoms. The van der Waals surface area contributed by atoms with E-state index in [0.717, 1.165) is 5.56 Å². The normalized spacial score (nSPS) is 20.3. The van der Waals surface area contributed by atoms with Gasteiger partial charge >= 0.3 is 0 Å². The zero-order valence-electron chi connectivity index (χ0n) is 11.9. The Kier molecular flexibility index (Phi) is 3.97. The van der Waals surface area contributed by atoms with Gasteiger partial charge in [-0.1, -0.05) is 30.3 Å². The van der Waals surface area contributed by atoms with E-state index >= 15 is 0 Å². The van der Waals surface area contributed by atoms with Crippen LogP contribution in [-0.4, -0.2) is 24.4 Å². The summed E-state index contributed by atoms with van der Waals surface area (Å²) in [5, 5.41) is 10.5. The second kappa shape index (κ2) is 6.06. The summed E-state index contributed by atoms with van der Waals surface area (Å²) in [6.07, 6.45) is -1.17. The Bertz CT molecular complexity index is 611. The van der Waals surface area contributed by atoms with Crippen LogP contribution >= 0.6 is 0 Å². The van der Waals surface area contributed by atoms with Crippen LogP contribution in [0.5, 0.6) is 17.2 Å². The van der Waals surface area contributed by atoms with E-state index in [4.69, 9.17) is 14.2 Å². The van der Waals surface area contributed by atoms with Crippen LogP contribution in [0.15, 0.2) is 48.5 Å². The van der Waals surface area contributed by atoms with Crippen LogP contribution < -0.4 is 14.2 Å². The SMILES string of the molecule is CCOc1ccccc1OC1COc2ccccc2C1O. The number of rotatable bonds is 4. The second-order valence-electron chi connectivity index (χ2n) is 4.83. The number of hydrogen-bond acceptors (Lipinski definition) is 4. The number of para-hydroxylation sites is 3. The van der Waals surface area contributed by atoms with Crippen molar-refractivity contribution in [3.63, 3.8) is 0 Å². The molecule has 110 valence electrons. The molecule has 4 heteroatoms. The average molecular weight is 286 g/mol. The Hall–Kier alpha value is -2.20. The number of fused-ring (bicyclic) bond motifs is 1. The number of aliphatic hydroxyl groups excluding tert-OH is 1. The van der Waals surface area contributed by atoms with Gasteiger partial charge in [0.05, 0.1) is 6.61 Å². The lowest BCUT2D eigenvalue weighted by atomic mass is 10.0. The van der Waals surface area contributed by atoms with E-state index in [1.54, 1.807) is 0 Å². The van der Waals surface area contributed by atoms with E-state index in [1.165, 1.54) is 0 Å². The first-order chi connectivity index (χ1) is 10.3. The molecule has 2 aromatic rings. The fourth-order valence-electron chi connectivity index (χ4n) is 2.40. The summed E-state index contributed by atoms with van der Waals surface area (Å²) in [4.78, 5) is 0. The fraction of sp³-hybridized carbons (Fsp3) is 0.294. The summed E-state index contributed by atoms with van der Waals surface area (Å²) in [7, 11) is 0. The summed E-state index contributed by atoms with van der Waals surface area (Å²) < 4.78 is 17.1. The number of ether oxygens (including phenoxy) is 3. The molecule has 1 heterocycles. The maximum absolute atomic E-state index is 10.5. The predicted molar refractivity (Wildman–Crippen MR) is 78.9 cm³/mol. The van der Waals surface area contributed by atoms with Crippen molar-refractivity contribution in [1.82, 2.24) is 0 Å². The molecule has 1 aliphatic heterocycles. The van der Waals surface area contributed by atoms with E-state index < -0.39 is 12.2 Å². The van der Waals surface area contributed by atoms with E-state index in [1.807, 2.05) is 55.5 Å². The zero-order valence-corrected chi connectivity index (χ0v) is 11.9. The second-order valence-corrected chi connectivity index (χ2v) is 4.83. The van der Waals surface area contributed by atoms with Crippen LogP contribution in [0.4, 0.5) is 0 Å². The summed E-state index contributed by atoms with van der Waals surface area (Å²) in [5.41, 5.74) is 0.752. The molecule has 2 unspecified atom stereocenters. The largest absolute Gasteiger partial charge is 0.490 e. The molecule has 4 nitrogen and oxygen atoms in total. The summed E-state index contributed by atoms with van der Waals surface area (Å²) in [6.45, 7) is 2.79. The van der Waals surface area contributed by atoms with Gasteiger partial charge in [-0.3, -0.25) is 0 Å². The lowest BCUT2D eigenvalue weighted by Gasteiger charge is -2.30. The van der Waals surface area contributed by atoms with Crippen molar-refractivity contribution in [3.8, 4) is 17.2 Å². The molecule has 3 rings (SSSR count). The Morgan fingerprint density at radius 3 is 2.62 bits per heavy atom. The molecule has 0 amide bonds. The Balaban J connectivity index is 1.81. The Labute approximate surface area is 123 Å². The van der Waals surface area contributed by atoms with Crippen LogP contribution in [0, 0.1) is 0 Å². The smallest absolute Gasteiger partial charge is 0.163 e. The highest BCUT2D eigenvalue weighted by Crippen LogP contribution is 2.35. The van der Waals surface area contributed by atoms with Crippen LogP contribution in [0.25, 0.3) is 0 Å². The van der Waals surface area contributed by atoms with E-state index in [-0.39, 0.29) is 0 Å². The van der Waals surface area contributed by atoms with Crippen molar-refractivity contribution in [2.45, 2.75) is 19.1 Å². The first-order valence-electron chi connectivity index (χ1n) is 7.08. The highest BCUT2D eigenvalue weighted by Gasteiger charge is 2.31. The number of benzene rings is 2. The van der Waals surface area contributed by atoms with Crippen molar-refractivity contribution >= 4 is 0 Å². The minimum absolute atomic E-state index is 0.304. The van der Waals surface area contributed by atoms with Crippen molar-refractivity contribution in [1.29, 1.82) is 0 Å². The van der Waals surface area contributed by atoms with Gasteiger partial charge in [0.15, 0.2) is 17.6 Å². The average Bonchev–Trinajstić information content (AvgIpc) is 2.52. The molecule has 1 N–H and O–H groups in total.